The fourth-order valence-corrected chi connectivity index (χ4v) is 3.29. The van der Waals surface area contributed by atoms with E-state index in [9.17, 15) is 9.59 Å². The number of nitrogens with zero attached hydrogens (tertiary/aromatic N) is 1. The molecule has 3 aromatic rings. The van der Waals surface area contributed by atoms with Gasteiger partial charge in [0.05, 0.1) is 16.3 Å². The molecule has 0 fully saturated rings. The highest BCUT2D eigenvalue weighted by Gasteiger charge is 2.11. The number of aromatic nitrogens is 1. The van der Waals surface area contributed by atoms with Crippen LogP contribution in [0.4, 0.5) is 5.69 Å². The molecule has 1 N–H and O–H groups in total. The first-order chi connectivity index (χ1) is 11.6. The van der Waals surface area contributed by atoms with Gasteiger partial charge in [0.1, 0.15) is 0 Å². The maximum Gasteiger partial charge on any atom is 0.339 e. The molecule has 0 unspecified atom stereocenters. The third-order valence-electron chi connectivity index (χ3n) is 3.15. The molecule has 3 rings (SSSR count). The minimum atomic E-state index is -0.502. The van der Waals surface area contributed by atoms with E-state index in [1.807, 2.05) is 30.5 Å². The summed E-state index contributed by atoms with van der Waals surface area (Å²) in [6, 6.07) is 9.05. The Morgan fingerprint density at radius 2 is 2.12 bits per heavy atom. The Morgan fingerprint density at radius 3 is 2.83 bits per heavy atom. The number of carbonyl (C=O) groups excluding carboxylic acids is 2. The zero-order valence-corrected chi connectivity index (χ0v) is 14.4. The molecule has 0 aliphatic rings. The van der Waals surface area contributed by atoms with Crippen molar-refractivity contribution in [2.75, 3.05) is 11.9 Å². The van der Waals surface area contributed by atoms with E-state index in [-0.39, 0.29) is 12.5 Å². The minimum Gasteiger partial charge on any atom is -0.452 e. The summed E-state index contributed by atoms with van der Waals surface area (Å²) in [5.74, 6) is -0.886. The second-order valence-electron chi connectivity index (χ2n) is 4.97. The SMILES string of the molecule is Cc1nc(-c2cccc(NC(=O)COC(=O)c3ccsc3)c2)cs1. The largest absolute Gasteiger partial charge is 0.452 e. The molecule has 0 saturated heterocycles. The number of thiazole rings is 1. The van der Waals surface area contributed by atoms with E-state index < -0.39 is 5.97 Å². The molecule has 7 heteroatoms. The number of thiophene rings is 1. The number of rotatable bonds is 5. The van der Waals surface area contributed by atoms with Crippen molar-refractivity contribution in [3.05, 3.63) is 57.0 Å². The first-order valence-corrected chi connectivity index (χ1v) is 8.96. The Kier molecular flexibility index (Phi) is 5.02. The fourth-order valence-electron chi connectivity index (χ4n) is 2.04. The van der Waals surface area contributed by atoms with E-state index in [0.29, 0.717) is 11.3 Å². The topological polar surface area (TPSA) is 68.3 Å². The Balaban J connectivity index is 1.59. The van der Waals surface area contributed by atoms with Gasteiger partial charge in [-0.25, -0.2) is 9.78 Å². The molecule has 0 saturated carbocycles. The quantitative estimate of drug-likeness (QED) is 0.701. The Morgan fingerprint density at radius 1 is 1.25 bits per heavy atom. The number of amides is 1. The van der Waals surface area contributed by atoms with Gasteiger partial charge in [0, 0.05) is 22.0 Å². The molecule has 5 nitrogen and oxygen atoms in total. The highest BCUT2D eigenvalue weighted by Crippen LogP contribution is 2.24. The third-order valence-corrected chi connectivity index (χ3v) is 4.61. The summed E-state index contributed by atoms with van der Waals surface area (Å²) in [5, 5.41) is 9.14. The van der Waals surface area contributed by atoms with Gasteiger partial charge in [-0.15, -0.1) is 11.3 Å². The number of hydrogen-bond acceptors (Lipinski definition) is 6. The van der Waals surface area contributed by atoms with Crippen LogP contribution in [0.15, 0.2) is 46.5 Å². The van der Waals surface area contributed by atoms with Crippen LogP contribution in [-0.2, 0) is 9.53 Å². The van der Waals surface area contributed by atoms with Crippen LogP contribution >= 0.6 is 22.7 Å². The van der Waals surface area contributed by atoms with Crippen LogP contribution in [0.2, 0.25) is 0 Å². The van der Waals surface area contributed by atoms with Gasteiger partial charge in [0.2, 0.25) is 0 Å². The van der Waals surface area contributed by atoms with Crippen molar-refractivity contribution in [1.29, 1.82) is 0 Å². The number of aryl methyl sites for hydroxylation is 1. The molecule has 1 amide bonds. The summed E-state index contributed by atoms with van der Waals surface area (Å²) in [7, 11) is 0. The second kappa shape index (κ2) is 7.37. The van der Waals surface area contributed by atoms with Gasteiger partial charge in [-0.1, -0.05) is 12.1 Å². The summed E-state index contributed by atoms with van der Waals surface area (Å²) >= 11 is 2.97. The lowest BCUT2D eigenvalue weighted by molar-refractivity contribution is -0.119. The number of benzene rings is 1. The van der Waals surface area contributed by atoms with Crippen molar-refractivity contribution in [3.8, 4) is 11.3 Å². The van der Waals surface area contributed by atoms with Crippen molar-refractivity contribution in [1.82, 2.24) is 4.98 Å². The number of hydrogen-bond donors (Lipinski definition) is 1. The van der Waals surface area contributed by atoms with Gasteiger partial charge in [-0.05, 0) is 30.5 Å². The smallest absolute Gasteiger partial charge is 0.339 e. The van der Waals surface area contributed by atoms with E-state index in [1.165, 1.54) is 11.3 Å². The molecule has 2 aromatic heterocycles. The predicted molar refractivity (Wildman–Crippen MR) is 95.5 cm³/mol. The summed E-state index contributed by atoms with van der Waals surface area (Å²) in [6.07, 6.45) is 0. The normalized spacial score (nSPS) is 10.4. The van der Waals surface area contributed by atoms with E-state index in [4.69, 9.17) is 4.74 Å². The molecule has 122 valence electrons. The van der Waals surface area contributed by atoms with E-state index in [0.717, 1.165) is 16.3 Å². The average Bonchev–Trinajstić information content (AvgIpc) is 3.24. The Hall–Kier alpha value is -2.51. The predicted octanol–water partition coefficient (Wildman–Crippen LogP) is 3.98. The first kappa shape index (κ1) is 16.4. The van der Waals surface area contributed by atoms with Crippen LogP contribution in [0.5, 0.6) is 0 Å². The van der Waals surface area contributed by atoms with Gasteiger partial charge in [0.15, 0.2) is 6.61 Å². The summed E-state index contributed by atoms with van der Waals surface area (Å²) < 4.78 is 4.98. The second-order valence-corrected chi connectivity index (χ2v) is 6.81. The Bertz CT molecular complexity index is 856. The van der Waals surface area contributed by atoms with Gasteiger partial charge >= 0.3 is 5.97 Å². The van der Waals surface area contributed by atoms with Crippen molar-refractivity contribution in [2.24, 2.45) is 0 Å². The van der Waals surface area contributed by atoms with Crippen LogP contribution in [-0.4, -0.2) is 23.5 Å². The van der Waals surface area contributed by atoms with Crippen molar-refractivity contribution >= 4 is 40.2 Å². The summed E-state index contributed by atoms with van der Waals surface area (Å²) in [5.41, 5.74) is 2.88. The highest BCUT2D eigenvalue weighted by molar-refractivity contribution is 7.09. The van der Waals surface area contributed by atoms with Crippen LogP contribution in [0.25, 0.3) is 11.3 Å². The molecule has 0 aliphatic carbocycles. The Labute approximate surface area is 146 Å². The lowest BCUT2D eigenvalue weighted by Crippen LogP contribution is -2.20. The molecule has 0 aliphatic heterocycles. The standard InChI is InChI=1S/C17H14N2O3S2/c1-11-18-15(10-24-11)12-3-2-4-14(7-12)19-16(20)8-22-17(21)13-5-6-23-9-13/h2-7,9-10H,8H2,1H3,(H,19,20). The molecule has 24 heavy (non-hydrogen) atoms. The lowest BCUT2D eigenvalue weighted by atomic mass is 10.1. The summed E-state index contributed by atoms with van der Waals surface area (Å²) in [6.45, 7) is 1.62. The average molecular weight is 358 g/mol. The molecular weight excluding hydrogens is 344 g/mol. The van der Waals surface area contributed by atoms with Crippen molar-refractivity contribution < 1.29 is 14.3 Å². The molecule has 0 atom stereocenters. The fraction of sp³-hybridized carbons (Fsp3) is 0.118. The first-order valence-electron chi connectivity index (χ1n) is 7.13. The van der Waals surface area contributed by atoms with Crippen LogP contribution < -0.4 is 5.32 Å². The maximum absolute atomic E-state index is 11.9. The van der Waals surface area contributed by atoms with E-state index >= 15 is 0 Å². The van der Waals surface area contributed by atoms with Gasteiger partial charge < -0.3 is 10.1 Å². The number of esters is 1. The number of carbonyl (C=O) groups is 2. The zero-order valence-electron chi connectivity index (χ0n) is 12.8. The molecule has 1 aromatic carbocycles. The summed E-state index contributed by atoms with van der Waals surface area (Å²) in [4.78, 5) is 28.1. The minimum absolute atomic E-state index is 0.325. The van der Waals surface area contributed by atoms with Crippen LogP contribution in [0.3, 0.4) is 0 Å². The molecule has 0 bridgehead atoms. The number of nitrogens with one attached hydrogen (secondary N) is 1. The number of ether oxygens (including phenoxy) is 1. The maximum atomic E-state index is 11.9. The molecule has 0 radical (unpaired) electrons. The molecule has 0 spiro atoms. The van der Waals surface area contributed by atoms with Gasteiger partial charge in [-0.2, -0.15) is 11.3 Å². The third kappa shape index (κ3) is 4.06. The molecule has 2 heterocycles. The van der Waals surface area contributed by atoms with E-state index in [2.05, 4.69) is 10.3 Å². The van der Waals surface area contributed by atoms with Gasteiger partial charge in [-0.3, -0.25) is 4.79 Å². The van der Waals surface area contributed by atoms with Crippen molar-refractivity contribution in [3.63, 3.8) is 0 Å². The van der Waals surface area contributed by atoms with Crippen molar-refractivity contribution in [2.45, 2.75) is 6.92 Å². The number of anilines is 1. The van der Waals surface area contributed by atoms with Crippen LogP contribution in [0.1, 0.15) is 15.4 Å². The van der Waals surface area contributed by atoms with Gasteiger partial charge in [0.25, 0.3) is 5.91 Å². The molecular formula is C17H14N2O3S2. The highest BCUT2D eigenvalue weighted by atomic mass is 32.1. The zero-order chi connectivity index (χ0) is 16.9. The van der Waals surface area contributed by atoms with E-state index in [1.54, 1.807) is 34.2 Å². The lowest BCUT2D eigenvalue weighted by Gasteiger charge is -2.07. The monoisotopic (exact) mass is 358 g/mol. The van der Waals surface area contributed by atoms with Crippen LogP contribution in [0, 0.1) is 6.92 Å².